The lowest BCUT2D eigenvalue weighted by atomic mass is 10.2. The lowest BCUT2D eigenvalue weighted by Crippen LogP contribution is -2.57. The summed E-state index contributed by atoms with van der Waals surface area (Å²) in [4.78, 5) is 13.9. The maximum absolute atomic E-state index is 12.1. The Hall–Kier alpha value is -0.170. The predicted molar refractivity (Wildman–Crippen MR) is 70.5 cm³/mol. The smallest absolute Gasteiger partial charge is 0.410 e. The number of nitrogens with zero attached hydrogens (tertiary/aromatic N) is 2. The van der Waals surface area contributed by atoms with Crippen LogP contribution in [-0.4, -0.2) is 50.6 Å². The van der Waals surface area contributed by atoms with Crippen LogP contribution in [0.3, 0.4) is 0 Å². The maximum Gasteiger partial charge on any atom is 0.410 e. The van der Waals surface area contributed by atoms with Crippen molar-refractivity contribution in [2.24, 2.45) is 0 Å². The van der Waals surface area contributed by atoms with Gasteiger partial charge in [-0.25, -0.2) is 4.79 Å². The average molecular weight is 295 g/mol. The summed E-state index contributed by atoms with van der Waals surface area (Å²) < 4.78 is 18.4. The number of amides is 1. The van der Waals surface area contributed by atoms with Gasteiger partial charge in [-0.15, -0.1) is 4.31 Å². The molecular formula is C11H19ClN2O3S. The van der Waals surface area contributed by atoms with Crippen LogP contribution in [0.1, 0.15) is 33.6 Å². The zero-order chi connectivity index (χ0) is 13.5. The summed E-state index contributed by atoms with van der Waals surface area (Å²) in [5.74, 6) is 0. The van der Waals surface area contributed by atoms with E-state index in [1.165, 1.54) is 0 Å². The highest BCUT2D eigenvalue weighted by Gasteiger charge is 2.47. The van der Waals surface area contributed by atoms with Gasteiger partial charge in [0.05, 0.1) is 25.2 Å². The van der Waals surface area contributed by atoms with E-state index in [4.69, 9.17) is 15.4 Å². The van der Waals surface area contributed by atoms with E-state index in [0.717, 1.165) is 12.8 Å². The van der Waals surface area contributed by atoms with Gasteiger partial charge in [0.1, 0.15) is 5.60 Å². The van der Waals surface area contributed by atoms with E-state index in [-0.39, 0.29) is 18.2 Å². The highest BCUT2D eigenvalue weighted by molar-refractivity contribution is 8.11. The summed E-state index contributed by atoms with van der Waals surface area (Å²) in [6, 6.07) is 0.141. The van der Waals surface area contributed by atoms with Crippen LogP contribution in [0, 0.1) is 0 Å². The number of fused-ring (bicyclic) bond motifs is 2. The summed E-state index contributed by atoms with van der Waals surface area (Å²) in [5.41, 5.74) is -0.483. The Morgan fingerprint density at radius 1 is 1.33 bits per heavy atom. The first-order valence-electron chi connectivity index (χ1n) is 6.12. The van der Waals surface area contributed by atoms with E-state index >= 15 is 0 Å². The third-order valence-corrected chi connectivity index (χ3v) is 4.55. The van der Waals surface area contributed by atoms with Gasteiger partial charge in [-0.05, 0) is 33.6 Å². The molecule has 0 saturated carbocycles. The third kappa shape index (κ3) is 3.04. The molecule has 18 heavy (non-hydrogen) atoms. The lowest BCUT2D eigenvalue weighted by molar-refractivity contribution is 0.00402. The molecule has 0 N–H and O–H groups in total. The second-order valence-corrected chi connectivity index (χ2v) is 7.55. The van der Waals surface area contributed by atoms with E-state index < -0.39 is 16.2 Å². The number of piperazine rings is 1. The van der Waals surface area contributed by atoms with Crippen molar-refractivity contribution in [1.82, 2.24) is 9.21 Å². The number of rotatable bonds is 1. The van der Waals surface area contributed by atoms with Crippen molar-refractivity contribution in [2.45, 2.75) is 51.3 Å². The van der Waals surface area contributed by atoms with Crippen molar-refractivity contribution < 1.29 is 14.1 Å². The molecule has 0 aromatic heterocycles. The molecule has 3 atom stereocenters. The van der Waals surface area contributed by atoms with Crippen LogP contribution >= 0.6 is 10.7 Å². The third-order valence-electron chi connectivity index (χ3n) is 3.26. The summed E-state index contributed by atoms with van der Waals surface area (Å²) in [5, 5.41) is 0. The molecule has 0 aliphatic carbocycles. The minimum atomic E-state index is -1.47. The zero-order valence-electron chi connectivity index (χ0n) is 10.9. The molecule has 2 heterocycles. The van der Waals surface area contributed by atoms with Crippen molar-refractivity contribution in [3.05, 3.63) is 0 Å². The van der Waals surface area contributed by atoms with Crippen molar-refractivity contribution in [2.75, 3.05) is 13.1 Å². The first-order chi connectivity index (χ1) is 8.28. The van der Waals surface area contributed by atoms with Crippen LogP contribution < -0.4 is 0 Å². The fraction of sp³-hybridized carbons (Fsp3) is 0.909. The van der Waals surface area contributed by atoms with Crippen molar-refractivity contribution >= 4 is 27.4 Å². The molecule has 0 aromatic carbocycles. The first-order valence-corrected chi connectivity index (χ1v) is 8.05. The second kappa shape index (κ2) is 5.07. The summed E-state index contributed by atoms with van der Waals surface area (Å²) in [6.45, 7) is 6.70. The van der Waals surface area contributed by atoms with Crippen LogP contribution in [0.25, 0.3) is 0 Å². The molecular weight excluding hydrogens is 276 g/mol. The number of carbonyl (C=O) groups is 1. The number of hydrogen-bond acceptors (Lipinski definition) is 4. The molecule has 2 aliphatic heterocycles. The Morgan fingerprint density at radius 2 is 1.83 bits per heavy atom. The Kier molecular flexibility index (Phi) is 4.02. The quantitative estimate of drug-likeness (QED) is 0.693. The number of carbonyl (C=O) groups excluding carboxylic acids is 1. The van der Waals surface area contributed by atoms with Crippen LogP contribution in [0.2, 0.25) is 0 Å². The van der Waals surface area contributed by atoms with Crippen LogP contribution in [0.5, 0.6) is 0 Å². The molecule has 2 aliphatic rings. The normalized spacial score (nSPS) is 30.4. The van der Waals surface area contributed by atoms with E-state index in [2.05, 4.69) is 0 Å². The predicted octanol–water partition coefficient (Wildman–Crippen LogP) is 1.89. The van der Waals surface area contributed by atoms with Gasteiger partial charge in [0.2, 0.25) is 0 Å². The van der Waals surface area contributed by atoms with Gasteiger partial charge in [-0.2, -0.15) is 0 Å². The van der Waals surface area contributed by atoms with Crippen LogP contribution in [0.15, 0.2) is 0 Å². The molecule has 2 saturated heterocycles. The average Bonchev–Trinajstić information content (AvgIpc) is 2.47. The molecule has 0 aromatic rings. The number of ether oxygens (including phenoxy) is 1. The molecule has 2 bridgehead atoms. The Balaban J connectivity index is 2.02. The number of halogens is 1. The zero-order valence-corrected chi connectivity index (χ0v) is 12.5. The highest BCUT2D eigenvalue weighted by atomic mass is 35.7. The number of hydrogen-bond donors (Lipinski definition) is 0. The van der Waals surface area contributed by atoms with Gasteiger partial charge in [0.15, 0.2) is 21.3 Å². The Morgan fingerprint density at radius 3 is 2.22 bits per heavy atom. The van der Waals surface area contributed by atoms with Crippen LogP contribution in [0.4, 0.5) is 4.79 Å². The van der Waals surface area contributed by atoms with E-state index in [1.54, 1.807) is 9.21 Å². The topological polar surface area (TPSA) is 55.8 Å². The molecule has 7 heteroatoms. The van der Waals surface area contributed by atoms with Gasteiger partial charge >= 0.3 is 6.09 Å². The SMILES string of the molecule is CC(C)(C)OC(=O)N1C2CCC1CN([S+]([O-])Cl)C2. The molecule has 3 unspecified atom stereocenters. The maximum atomic E-state index is 12.1. The van der Waals surface area contributed by atoms with Crippen molar-refractivity contribution in [3.63, 3.8) is 0 Å². The molecule has 104 valence electrons. The van der Waals surface area contributed by atoms with Gasteiger partial charge in [-0.3, -0.25) is 4.90 Å². The second-order valence-electron chi connectivity index (χ2n) is 5.83. The summed E-state index contributed by atoms with van der Waals surface area (Å²) in [6.07, 6.45) is 1.58. The van der Waals surface area contributed by atoms with Gasteiger partial charge in [-0.1, -0.05) is 0 Å². The molecule has 1 amide bonds. The molecule has 0 spiro atoms. The minimum absolute atomic E-state index is 0.0706. The van der Waals surface area contributed by atoms with E-state index in [9.17, 15) is 9.35 Å². The monoisotopic (exact) mass is 294 g/mol. The molecule has 5 nitrogen and oxygen atoms in total. The Bertz CT molecular complexity index is 321. The minimum Gasteiger partial charge on any atom is -0.580 e. The van der Waals surface area contributed by atoms with Crippen LogP contribution in [-0.2, 0) is 15.3 Å². The van der Waals surface area contributed by atoms with Gasteiger partial charge < -0.3 is 9.29 Å². The van der Waals surface area contributed by atoms with E-state index in [1.807, 2.05) is 20.8 Å². The Labute approximate surface area is 115 Å². The van der Waals surface area contributed by atoms with Crippen molar-refractivity contribution in [1.29, 1.82) is 0 Å². The highest BCUT2D eigenvalue weighted by Crippen LogP contribution is 2.33. The van der Waals surface area contributed by atoms with E-state index in [0.29, 0.717) is 13.1 Å². The standard InChI is InChI=1S/C11H19ClN2O3S/c1-11(2,3)17-10(15)14-8-4-5-9(14)7-13(6-8)18(12)16/h8-9H,4-7H2,1-3H3. The van der Waals surface area contributed by atoms with Gasteiger partial charge in [0.25, 0.3) is 0 Å². The van der Waals surface area contributed by atoms with Gasteiger partial charge in [0, 0.05) is 0 Å². The fourth-order valence-electron chi connectivity index (χ4n) is 2.59. The summed E-state index contributed by atoms with van der Waals surface area (Å²) in [7, 11) is 4.14. The summed E-state index contributed by atoms with van der Waals surface area (Å²) >= 11 is 0. The molecule has 2 rings (SSSR count). The molecule has 0 radical (unpaired) electrons. The fourth-order valence-corrected chi connectivity index (χ4v) is 3.51. The van der Waals surface area contributed by atoms with Crippen molar-refractivity contribution in [3.8, 4) is 0 Å². The first kappa shape index (κ1) is 14.2. The lowest BCUT2D eigenvalue weighted by Gasteiger charge is -2.39. The molecule has 2 fully saturated rings. The largest absolute Gasteiger partial charge is 0.580 e.